The van der Waals surface area contributed by atoms with Crippen LogP contribution in [0.1, 0.15) is 31.7 Å². The van der Waals surface area contributed by atoms with Gasteiger partial charge in [-0.2, -0.15) is 0 Å². The Bertz CT molecular complexity index is 950. The number of H-pyrrole nitrogens is 1. The van der Waals surface area contributed by atoms with Gasteiger partial charge >= 0.3 is 0 Å². The predicted octanol–water partition coefficient (Wildman–Crippen LogP) is 2.77. The van der Waals surface area contributed by atoms with Gasteiger partial charge in [0, 0.05) is 30.2 Å². The first-order chi connectivity index (χ1) is 12.8. The van der Waals surface area contributed by atoms with Crippen molar-refractivity contribution in [2.24, 2.45) is 5.92 Å². The Kier molecular flexibility index (Phi) is 4.51. The molecule has 0 saturated heterocycles. The average molecular weight is 350 g/mol. The molecule has 3 aromatic rings. The lowest BCUT2D eigenvalue weighted by Gasteiger charge is -2.07. The van der Waals surface area contributed by atoms with Crippen LogP contribution < -0.4 is 5.32 Å². The molecule has 7 nitrogen and oxygen atoms in total. The standard InChI is InChI=1S/C19H22N6O/c1-2-3-15(20-6-7-26)14-8-21-19-18(14)24-16(9-22-19)17-11-25(12-23-17)10-13-4-5-13/h3,7-9,11-13,20H,2,4-6,10H2,1H3,(H,21,22)/b15-3+. The summed E-state index contributed by atoms with van der Waals surface area (Å²) in [6.45, 7) is 3.34. The Morgan fingerprint density at radius 2 is 2.27 bits per heavy atom. The third-order valence-electron chi connectivity index (χ3n) is 4.52. The van der Waals surface area contributed by atoms with Crippen LogP contribution in [0.25, 0.3) is 28.2 Å². The molecule has 4 rings (SSSR count). The lowest BCUT2D eigenvalue weighted by molar-refractivity contribution is -0.107. The molecule has 7 heteroatoms. The molecule has 0 amide bonds. The minimum Gasteiger partial charge on any atom is -0.378 e. The van der Waals surface area contributed by atoms with Gasteiger partial charge in [0.15, 0.2) is 5.65 Å². The van der Waals surface area contributed by atoms with E-state index in [1.165, 1.54) is 12.8 Å². The van der Waals surface area contributed by atoms with Crippen LogP contribution in [0.3, 0.4) is 0 Å². The Balaban J connectivity index is 1.68. The van der Waals surface area contributed by atoms with Gasteiger partial charge in [-0.3, -0.25) is 0 Å². The molecular formula is C19H22N6O. The van der Waals surface area contributed by atoms with Crippen LogP contribution in [0.15, 0.2) is 31.0 Å². The summed E-state index contributed by atoms with van der Waals surface area (Å²) in [7, 11) is 0. The van der Waals surface area contributed by atoms with Crippen LogP contribution in [-0.2, 0) is 11.3 Å². The molecule has 0 aliphatic heterocycles. The number of nitrogens with one attached hydrogen (secondary N) is 2. The largest absolute Gasteiger partial charge is 0.378 e. The maximum absolute atomic E-state index is 10.7. The average Bonchev–Trinajstić information content (AvgIpc) is 3.18. The monoisotopic (exact) mass is 350 g/mol. The fourth-order valence-electron chi connectivity index (χ4n) is 3.04. The summed E-state index contributed by atoms with van der Waals surface area (Å²) >= 11 is 0. The van der Waals surface area contributed by atoms with Crippen LogP contribution >= 0.6 is 0 Å². The molecule has 2 N–H and O–H groups in total. The minimum atomic E-state index is 0.261. The number of fused-ring (bicyclic) bond motifs is 1. The summed E-state index contributed by atoms with van der Waals surface area (Å²) < 4.78 is 2.13. The van der Waals surface area contributed by atoms with Crippen molar-refractivity contribution in [3.05, 3.63) is 36.6 Å². The summed E-state index contributed by atoms with van der Waals surface area (Å²) in [6.07, 6.45) is 13.9. The number of nitrogens with zero attached hydrogens (tertiary/aromatic N) is 4. The van der Waals surface area contributed by atoms with Crippen molar-refractivity contribution in [2.45, 2.75) is 32.7 Å². The Hall–Kier alpha value is -2.96. The van der Waals surface area contributed by atoms with Gasteiger partial charge in [-0.15, -0.1) is 0 Å². The van der Waals surface area contributed by atoms with Crippen LogP contribution in [-0.4, -0.2) is 37.3 Å². The molecule has 1 aliphatic carbocycles. The van der Waals surface area contributed by atoms with Crippen LogP contribution in [0.2, 0.25) is 0 Å². The molecule has 3 heterocycles. The molecule has 0 atom stereocenters. The summed E-state index contributed by atoms with van der Waals surface area (Å²) in [5.74, 6) is 0.799. The molecule has 1 aliphatic rings. The molecule has 134 valence electrons. The summed E-state index contributed by atoms with van der Waals surface area (Å²) in [5.41, 5.74) is 4.87. The van der Waals surface area contributed by atoms with Gasteiger partial charge in [-0.25, -0.2) is 15.0 Å². The number of carbonyl (C=O) groups is 1. The van der Waals surface area contributed by atoms with Crippen LogP contribution in [0.5, 0.6) is 0 Å². The van der Waals surface area contributed by atoms with Crippen molar-refractivity contribution in [1.29, 1.82) is 0 Å². The number of aromatic amines is 1. The molecule has 1 fully saturated rings. The Labute approximate surface area is 151 Å². The molecule has 0 aromatic carbocycles. The summed E-state index contributed by atoms with van der Waals surface area (Å²) in [5, 5.41) is 3.14. The normalized spacial score (nSPS) is 14.7. The van der Waals surface area contributed by atoms with E-state index in [0.717, 1.165) is 59.0 Å². The van der Waals surface area contributed by atoms with Crippen LogP contribution in [0, 0.1) is 5.92 Å². The zero-order valence-electron chi connectivity index (χ0n) is 14.8. The van der Waals surface area contributed by atoms with E-state index < -0.39 is 0 Å². The lowest BCUT2D eigenvalue weighted by atomic mass is 10.2. The SMILES string of the molecule is CC/C=C(/NCC=O)c1c[nH]c2ncc(-c3cn(CC4CC4)cn3)nc12. The van der Waals surface area contributed by atoms with Crippen LogP contribution in [0.4, 0.5) is 0 Å². The van der Waals surface area contributed by atoms with E-state index in [9.17, 15) is 4.79 Å². The number of aromatic nitrogens is 5. The van der Waals surface area contributed by atoms with E-state index in [2.05, 4.69) is 31.8 Å². The quantitative estimate of drug-likeness (QED) is 0.610. The molecule has 26 heavy (non-hydrogen) atoms. The predicted molar refractivity (Wildman–Crippen MR) is 100 cm³/mol. The maximum Gasteiger partial charge on any atom is 0.156 e. The van der Waals surface area contributed by atoms with Crippen molar-refractivity contribution >= 4 is 23.1 Å². The minimum absolute atomic E-state index is 0.261. The first kappa shape index (κ1) is 16.5. The number of rotatable bonds is 8. The number of aldehydes is 1. The van der Waals surface area contributed by atoms with Crippen molar-refractivity contribution in [3.63, 3.8) is 0 Å². The molecule has 1 saturated carbocycles. The first-order valence-corrected chi connectivity index (χ1v) is 9.02. The van der Waals surface area contributed by atoms with E-state index in [1.54, 1.807) is 6.20 Å². The van der Waals surface area contributed by atoms with E-state index >= 15 is 0 Å². The molecule has 0 unspecified atom stereocenters. The maximum atomic E-state index is 10.7. The molecule has 0 radical (unpaired) electrons. The van der Waals surface area contributed by atoms with Crippen molar-refractivity contribution in [1.82, 2.24) is 29.8 Å². The Morgan fingerprint density at radius 3 is 3.04 bits per heavy atom. The second-order valence-corrected chi connectivity index (χ2v) is 6.63. The number of imidazole rings is 1. The van der Waals surface area contributed by atoms with Gasteiger partial charge in [0.25, 0.3) is 0 Å². The molecule has 0 spiro atoms. The second kappa shape index (κ2) is 7.11. The topological polar surface area (TPSA) is 88.5 Å². The van der Waals surface area contributed by atoms with Gasteiger partial charge < -0.3 is 19.7 Å². The van der Waals surface area contributed by atoms with E-state index in [1.807, 2.05) is 24.8 Å². The lowest BCUT2D eigenvalue weighted by Crippen LogP contribution is -2.14. The van der Waals surface area contributed by atoms with E-state index in [4.69, 9.17) is 4.98 Å². The van der Waals surface area contributed by atoms with Crippen molar-refractivity contribution < 1.29 is 4.79 Å². The first-order valence-electron chi connectivity index (χ1n) is 9.02. The molecule has 0 bridgehead atoms. The van der Waals surface area contributed by atoms with Gasteiger partial charge in [0.05, 0.1) is 19.1 Å². The zero-order chi connectivity index (χ0) is 17.9. The van der Waals surface area contributed by atoms with Gasteiger partial charge in [-0.1, -0.05) is 13.0 Å². The number of hydrogen-bond acceptors (Lipinski definition) is 5. The fourth-order valence-corrected chi connectivity index (χ4v) is 3.04. The summed E-state index contributed by atoms with van der Waals surface area (Å²) in [4.78, 5) is 27.7. The van der Waals surface area contributed by atoms with Crippen molar-refractivity contribution in [2.75, 3.05) is 6.54 Å². The molecular weight excluding hydrogens is 328 g/mol. The number of carbonyl (C=O) groups excluding carboxylic acids is 1. The highest BCUT2D eigenvalue weighted by molar-refractivity contribution is 5.88. The second-order valence-electron chi connectivity index (χ2n) is 6.63. The van der Waals surface area contributed by atoms with Gasteiger partial charge in [0.1, 0.15) is 23.2 Å². The molecule has 3 aromatic heterocycles. The highest BCUT2D eigenvalue weighted by Gasteiger charge is 2.22. The highest BCUT2D eigenvalue weighted by atomic mass is 16.1. The van der Waals surface area contributed by atoms with E-state index in [-0.39, 0.29) is 6.54 Å². The van der Waals surface area contributed by atoms with Gasteiger partial charge in [-0.05, 0) is 25.2 Å². The smallest absolute Gasteiger partial charge is 0.156 e. The zero-order valence-corrected chi connectivity index (χ0v) is 14.8. The fraction of sp³-hybridized carbons (Fsp3) is 0.368. The van der Waals surface area contributed by atoms with Gasteiger partial charge in [0.2, 0.25) is 0 Å². The number of allylic oxidation sites excluding steroid dienone is 1. The third-order valence-corrected chi connectivity index (χ3v) is 4.52. The Morgan fingerprint density at radius 1 is 1.38 bits per heavy atom. The van der Waals surface area contributed by atoms with E-state index in [0.29, 0.717) is 0 Å². The third kappa shape index (κ3) is 3.37. The van der Waals surface area contributed by atoms with Crippen molar-refractivity contribution in [3.8, 4) is 11.4 Å². The number of hydrogen-bond donors (Lipinski definition) is 2. The summed E-state index contributed by atoms with van der Waals surface area (Å²) in [6, 6.07) is 0. The highest BCUT2D eigenvalue weighted by Crippen LogP contribution is 2.31.